The molecule has 2 nitrogen and oxygen atoms in total. The highest BCUT2D eigenvalue weighted by Gasteiger charge is 2.32. The van der Waals surface area contributed by atoms with Gasteiger partial charge in [-0.3, -0.25) is 4.90 Å². The number of hydrogen-bond acceptors (Lipinski definition) is 3. The Bertz CT molecular complexity index is 336. The van der Waals surface area contributed by atoms with Gasteiger partial charge in [0.15, 0.2) is 0 Å². The fraction of sp³-hybridized carbons (Fsp3) is 0.733. The molecule has 0 bridgehead atoms. The molecule has 3 unspecified atom stereocenters. The van der Waals surface area contributed by atoms with Crippen molar-refractivity contribution in [1.29, 1.82) is 0 Å². The van der Waals surface area contributed by atoms with E-state index in [9.17, 15) is 0 Å². The van der Waals surface area contributed by atoms with Crippen molar-refractivity contribution in [2.45, 2.75) is 64.1 Å². The first-order valence-electron chi connectivity index (χ1n) is 7.31. The van der Waals surface area contributed by atoms with Gasteiger partial charge < -0.3 is 5.73 Å². The number of hydrogen-bond donors (Lipinski definition) is 1. The number of nitrogens with two attached hydrogens (primary N) is 1. The third kappa shape index (κ3) is 2.95. The molecule has 1 fully saturated rings. The molecule has 2 heterocycles. The van der Waals surface area contributed by atoms with Crippen LogP contribution in [0.4, 0.5) is 0 Å². The molecule has 0 radical (unpaired) electrons. The van der Waals surface area contributed by atoms with E-state index in [0.717, 1.165) is 12.5 Å². The molecule has 3 atom stereocenters. The minimum Gasteiger partial charge on any atom is -0.326 e. The lowest BCUT2D eigenvalue weighted by atomic mass is 9.91. The van der Waals surface area contributed by atoms with Gasteiger partial charge in [-0.25, -0.2) is 0 Å². The summed E-state index contributed by atoms with van der Waals surface area (Å²) in [5.74, 6) is 0. The maximum Gasteiger partial charge on any atom is 0.0510 e. The van der Waals surface area contributed by atoms with Crippen LogP contribution in [0.1, 0.15) is 57.6 Å². The van der Waals surface area contributed by atoms with E-state index < -0.39 is 0 Å². The van der Waals surface area contributed by atoms with Gasteiger partial charge >= 0.3 is 0 Å². The van der Waals surface area contributed by atoms with E-state index in [1.807, 2.05) is 0 Å². The van der Waals surface area contributed by atoms with Crippen LogP contribution in [0.2, 0.25) is 0 Å². The summed E-state index contributed by atoms with van der Waals surface area (Å²) >= 11 is 1.79. The zero-order valence-corrected chi connectivity index (χ0v) is 12.5. The predicted octanol–water partition coefficient (Wildman–Crippen LogP) is 3.79. The molecule has 2 N–H and O–H groups in total. The van der Waals surface area contributed by atoms with E-state index in [0.29, 0.717) is 6.04 Å². The van der Waals surface area contributed by atoms with Gasteiger partial charge in [0.05, 0.1) is 6.04 Å². The smallest absolute Gasteiger partial charge is 0.0510 e. The van der Waals surface area contributed by atoms with E-state index in [-0.39, 0.29) is 6.04 Å². The molecule has 1 aliphatic rings. The zero-order valence-electron chi connectivity index (χ0n) is 11.6. The quantitative estimate of drug-likeness (QED) is 0.878. The molecular formula is C15H26N2S. The lowest BCUT2D eigenvalue weighted by Gasteiger charge is -2.43. The molecule has 2 rings (SSSR count). The van der Waals surface area contributed by atoms with Crippen LogP contribution in [0.3, 0.4) is 0 Å². The second-order valence-corrected chi connectivity index (χ2v) is 6.15. The lowest BCUT2D eigenvalue weighted by molar-refractivity contribution is 0.0760. The Morgan fingerprint density at radius 3 is 2.89 bits per heavy atom. The van der Waals surface area contributed by atoms with Crippen molar-refractivity contribution in [2.75, 3.05) is 6.54 Å². The van der Waals surface area contributed by atoms with E-state index >= 15 is 0 Å². The molecular weight excluding hydrogens is 240 g/mol. The second kappa shape index (κ2) is 6.69. The van der Waals surface area contributed by atoms with Crippen LogP contribution < -0.4 is 5.73 Å². The minimum absolute atomic E-state index is 0.256. The number of piperidine rings is 1. The number of nitrogens with zero attached hydrogens (tertiary/aromatic N) is 1. The highest BCUT2D eigenvalue weighted by atomic mass is 32.1. The molecule has 18 heavy (non-hydrogen) atoms. The van der Waals surface area contributed by atoms with Gasteiger partial charge in [0.1, 0.15) is 0 Å². The Morgan fingerprint density at radius 2 is 2.28 bits per heavy atom. The highest BCUT2D eigenvalue weighted by molar-refractivity contribution is 7.07. The summed E-state index contributed by atoms with van der Waals surface area (Å²) < 4.78 is 0. The predicted molar refractivity (Wildman–Crippen MR) is 80.0 cm³/mol. The molecule has 0 saturated carbocycles. The van der Waals surface area contributed by atoms with Gasteiger partial charge in [-0.05, 0) is 54.6 Å². The van der Waals surface area contributed by atoms with Crippen LogP contribution >= 0.6 is 11.3 Å². The van der Waals surface area contributed by atoms with Gasteiger partial charge in [0.25, 0.3) is 0 Å². The zero-order chi connectivity index (χ0) is 13.0. The lowest BCUT2D eigenvalue weighted by Crippen LogP contribution is -2.48. The van der Waals surface area contributed by atoms with Crippen molar-refractivity contribution in [1.82, 2.24) is 4.90 Å². The number of likely N-dealkylation sites (tertiary alicyclic amines) is 1. The van der Waals surface area contributed by atoms with Gasteiger partial charge in [0.2, 0.25) is 0 Å². The Morgan fingerprint density at radius 1 is 1.44 bits per heavy atom. The summed E-state index contributed by atoms with van der Waals surface area (Å²) in [7, 11) is 0. The Kier molecular flexibility index (Phi) is 5.22. The average Bonchev–Trinajstić information content (AvgIpc) is 2.93. The van der Waals surface area contributed by atoms with Crippen molar-refractivity contribution < 1.29 is 0 Å². The fourth-order valence-electron chi connectivity index (χ4n) is 3.18. The Hall–Kier alpha value is -0.380. The maximum atomic E-state index is 6.42. The van der Waals surface area contributed by atoms with Crippen LogP contribution in [0.5, 0.6) is 0 Å². The molecule has 1 aliphatic heterocycles. The van der Waals surface area contributed by atoms with Gasteiger partial charge in [-0.1, -0.05) is 20.3 Å². The molecule has 1 aromatic heterocycles. The standard InChI is InChI=1S/C15H26N2S/c1-3-13-7-5-6-9-17(13)15(14(16)4-2)12-8-10-18-11-12/h8,10-11,13-15H,3-7,9,16H2,1-2H3. The largest absolute Gasteiger partial charge is 0.326 e. The van der Waals surface area contributed by atoms with Crippen molar-refractivity contribution >= 4 is 11.3 Å². The molecule has 1 aromatic rings. The number of rotatable bonds is 5. The van der Waals surface area contributed by atoms with Crippen molar-refractivity contribution in [3.63, 3.8) is 0 Å². The first-order chi connectivity index (χ1) is 8.77. The van der Waals surface area contributed by atoms with Crippen LogP contribution in [0, 0.1) is 0 Å². The molecule has 0 amide bonds. The normalized spacial score (nSPS) is 24.9. The maximum absolute atomic E-state index is 6.42. The monoisotopic (exact) mass is 266 g/mol. The van der Waals surface area contributed by atoms with Gasteiger partial charge in [-0.15, -0.1) is 0 Å². The van der Waals surface area contributed by atoms with Gasteiger partial charge in [0, 0.05) is 12.1 Å². The third-order valence-corrected chi connectivity index (χ3v) is 4.96. The van der Waals surface area contributed by atoms with Crippen molar-refractivity contribution in [3.8, 4) is 0 Å². The summed E-state index contributed by atoms with van der Waals surface area (Å²) in [5.41, 5.74) is 7.84. The highest BCUT2D eigenvalue weighted by Crippen LogP contribution is 2.33. The SMILES string of the molecule is CCC(N)C(c1ccsc1)N1CCCCC1CC. The Balaban J connectivity index is 2.22. The van der Waals surface area contributed by atoms with Crippen LogP contribution in [-0.4, -0.2) is 23.5 Å². The summed E-state index contributed by atoms with van der Waals surface area (Å²) in [6.07, 6.45) is 6.35. The van der Waals surface area contributed by atoms with Crippen molar-refractivity contribution in [3.05, 3.63) is 22.4 Å². The summed E-state index contributed by atoms with van der Waals surface area (Å²) in [6.45, 7) is 5.73. The van der Waals surface area contributed by atoms with Crippen LogP contribution in [-0.2, 0) is 0 Å². The average molecular weight is 266 g/mol. The van der Waals surface area contributed by atoms with E-state index in [4.69, 9.17) is 5.73 Å². The van der Waals surface area contributed by atoms with Gasteiger partial charge in [-0.2, -0.15) is 11.3 Å². The second-order valence-electron chi connectivity index (χ2n) is 5.37. The van der Waals surface area contributed by atoms with Crippen molar-refractivity contribution in [2.24, 2.45) is 5.73 Å². The summed E-state index contributed by atoms with van der Waals surface area (Å²) in [4.78, 5) is 2.68. The number of thiophene rings is 1. The molecule has 1 saturated heterocycles. The first-order valence-corrected chi connectivity index (χ1v) is 8.25. The van der Waals surface area contributed by atoms with E-state index in [1.165, 1.54) is 37.8 Å². The molecule has 3 heteroatoms. The molecule has 102 valence electrons. The fourth-order valence-corrected chi connectivity index (χ4v) is 3.87. The molecule has 0 aromatic carbocycles. The third-order valence-electron chi connectivity index (χ3n) is 4.26. The first kappa shape index (κ1) is 14.0. The molecule has 0 spiro atoms. The summed E-state index contributed by atoms with van der Waals surface area (Å²) in [5, 5.41) is 4.46. The van der Waals surface area contributed by atoms with E-state index in [1.54, 1.807) is 11.3 Å². The van der Waals surface area contributed by atoms with E-state index in [2.05, 4.69) is 35.6 Å². The topological polar surface area (TPSA) is 29.3 Å². The summed E-state index contributed by atoms with van der Waals surface area (Å²) in [6, 6.07) is 3.66. The molecule has 0 aliphatic carbocycles. The van der Waals surface area contributed by atoms with Crippen LogP contribution in [0.25, 0.3) is 0 Å². The Labute approximate surface area is 115 Å². The minimum atomic E-state index is 0.256. The van der Waals surface area contributed by atoms with Crippen LogP contribution in [0.15, 0.2) is 16.8 Å².